The highest BCUT2D eigenvalue weighted by molar-refractivity contribution is 5.26. The van der Waals surface area contributed by atoms with E-state index in [2.05, 4.69) is 28.9 Å². The monoisotopic (exact) mass is 240 g/mol. The molecule has 0 spiro atoms. The van der Waals surface area contributed by atoms with Gasteiger partial charge >= 0.3 is 6.01 Å². The molecule has 0 bridgehead atoms. The highest BCUT2D eigenvalue weighted by atomic mass is 16.5. The van der Waals surface area contributed by atoms with Gasteiger partial charge in [-0.2, -0.15) is 0 Å². The molecule has 0 amide bonds. The van der Waals surface area contributed by atoms with Gasteiger partial charge in [-0.3, -0.25) is 0 Å². The largest absolute Gasteiger partial charge is 0.408 e. The van der Waals surface area contributed by atoms with Crippen LogP contribution >= 0.6 is 0 Å². The van der Waals surface area contributed by atoms with Gasteiger partial charge in [0.2, 0.25) is 5.89 Å². The fourth-order valence-electron chi connectivity index (χ4n) is 2.20. The van der Waals surface area contributed by atoms with Crippen molar-refractivity contribution in [1.29, 1.82) is 0 Å². The average molecular weight is 240 g/mol. The Kier molecular flexibility index (Phi) is 3.35. The van der Waals surface area contributed by atoms with Crippen molar-refractivity contribution in [2.75, 3.05) is 24.5 Å². The van der Waals surface area contributed by atoms with E-state index in [0.717, 1.165) is 13.1 Å². The molecule has 6 nitrogen and oxygen atoms in total. The van der Waals surface area contributed by atoms with E-state index in [9.17, 15) is 0 Å². The minimum Gasteiger partial charge on any atom is -0.408 e. The van der Waals surface area contributed by atoms with Crippen LogP contribution in [0, 0.1) is 0 Å². The first kappa shape index (κ1) is 12.3. The van der Waals surface area contributed by atoms with E-state index in [0.29, 0.717) is 24.9 Å². The molecule has 0 saturated carbocycles. The van der Waals surface area contributed by atoms with Gasteiger partial charge in [-0.1, -0.05) is 5.10 Å². The summed E-state index contributed by atoms with van der Waals surface area (Å²) in [5.41, 5.74) is 5.26. The zero-order valence-electron chi connectivity index (χ0n) is 10.6. The Morgan fingerprint density at radius 3 is 2.88 bits per heavy atom. The molecule has 1 atom stereocenters. The Balaban J connectivity index is 2.10. The Morgan fingerprint density at radius 1 is 1.47 bits per heavy atom. The standard InChI is InChI=1S/C11H20N4O2/c1-8-6-15(7-11(2,3)17-8)10-14-13-9(16-10)4-5-12/h8H,4-7,12H2,1-3H3. The summed E-state index contributed by atoms with van der Waals surface area (Å²) < 4.78 is 11.4. The number of nitrogens with zero attached hydrogens (tertiary/aromatic N) is 3. The van der Waals surface area contributed by atoms with Gasteiger partial charge in [-0.05, 0) is 20.8 Å². The summed E-state index contributed by atoms with van der Waals surface area (Å²) in [6.07, 6.45) is 0.777. The number of aromatic nitrogens is 2. The lowest BCUT2D eigenvalue weighted by Gasteiger charge is -2.40. The highest BCUT2D eigenvalue weighted by Gasteiger charge is 2.33. The molecule has 1 aromatic heterocycles. The first-order valence-corrected chi connectivity index (χ1v) is 5.95. The zero-order chi connectivity index (χ0) is 12.5. The molecule has 17 heavy (non-hydrogen) atoms. The SMILES string of the molecule is CC1CN(c2nnc(CCN)o2)CC(C)(C)O1. The maximum absolute atomic E-state index is 5.83. The van der Waals surface area contributed by atoms with Gasteiger partial charge in [-0.25, -0.2) is 0 Å². The Morgan fingerprint density at radius 2 is 2.24 bits per heavy atom. The van der Waals surface area contributed by atoms with Crippen molar-refractivity contribution in [2.24, 2.45) is 5.73 Å². The molecule has 1 aliphatic heterocycles. The van der Waals surface area contributed by atoms with Crippen LogP contribution in [0.25, 0.3) is 0 Å². The second-order valence-electron chi connectivity index (χ2n) is 5.09. The molecule has 96 valence electrons. The minimum atomic E-state index is -0.194. The van der Waals surface area contributed by atoms with Crippen LogP contribution in [0.4, 0.5) is 6.01 Å². The summed E-state index contributed by atoms with van der Waals surface area (Å²) in [5.74, 6) is 0.597. The molecule has 0 aromatic carbocycles. The number of rotatable bonds is 3. The molecule has 0 radical (unpaired) electrons. The fraction of sp³-hybridized carbons (Fsp3) is 0.818. The summed E-state index contributed by atoms with van der Waals surface area (Å²) >= 11 is 0. The summed E-state index contributed by atoms with van der Waals surface area (Å²) in [5, 5.41) is 8.03. The third kappa shape index (κ3) is 2.95. The van der Waals surface area contributed by atoms with Crippen molar-refractivity contribution in [2.45, 2.75) is 38.9 Å². The van der Waals surface area contributed by atoms with Crippen LogP contribution < -0.4 is 10.6 Å². The van der Waals surface area contributed by atoms with Gasteiger partial charge in [0.25, 0.3) is 0 Å². The van der Waals surface area contributed by atoms with Gasteiger partial charge in [0.1, 0.15) is 0 Å². The van der Waals surface area contributed by atoms with E-state index in [4.69, 9.17) is 14.9 Å². The smallest absolute Gasteiger partial charge is 0.318 e. The van der Waals surface area contributed by atoms with E-state index in [1.807, 2.05) is 6.92 Å². The number of hydrogen-bond acceptors (Lipinski definition) is 6. The predicted molar refractivity (Wildman–Crippen MR) is 63.9 cm³/mol. The lowest BCUT2D eigenvalue weighted by atomic mass is 10.1. The molecule has 2 N–H and O–H groups in total. The van der Waals surface area contributed by atoms with E-state index in [1.165, 1.54) is 0 Å². The van der Waals surface area contributed by atoms with Crippen LogP contribution in [0.2, 0.25) is 0 Å². The summed E-state index contributed by atoms with van der Waals surface area (Å²) in [7, 11) is 0. The molecule has 1 aliphatic rings. The van der Waals surface area contributed by atoms with Crippen LogP contribution in [0.15, 0.2) is 4.42 Å². The van der Waals surface area contributed by atoms with Crippen molar-refractivity contribution < 1.29 is 9.15 Å². The van der Waals surface area contributed by atoms with E-state index in [-0.39, 0.29) is 11.7 Å². The van der Waals surface area contributed by atoms with Crippen molar-refractivity contribution in [3.8, 4) is 0 Å². The van der Waals surface area contributed by atoms with Gasteiger partial charge in [-0.15, -0.1) is 5.10 Å². The van der Waals surface area contributed by atoms with Crippen LogP contribution in [-0.2, 0) is 11.2 Å². The molecule has 6 heteroatoms. The Bertz CT molecular complexity index is 377. The second-order valence-corrected chi connectivity index (χ2v) is 5.09. The van der Waals surface area contributed by atoms with E-state index in [1.54, 1.807) is 0 Å². The molecular formula is C11H20N4O2. The number of nitrogens with two attached hydrogens (primary N) is 1. The molecular weight excluding hydrogens is 220 g/mol. The number of morpholine rings is 1. The van der Waals surface area contributed by atoms with Gasteiger partial charge in [0, 0.05) is 19.5 Å². The average Bonchev–Trinajstić information content (AvgIpc) is 2.63. The molecule has 0 aliphatic carbocycles. The maximum atomic E-state index is 5.83. The minimum absolute atomic E-state index is 0.156. The maximum Gasteiger partial charge on any atom is 0.318 e. The quantitative estimate of drug-likeness (QED) is 0.832. The van der Waals surface area contributed by atoms with Crippen molar-refractivity contribution >= 4 is 6.01 Å². The lowest BCUT2D eigenvalue weighted by molar-refractivity contribution is -0.0761. The van der Waals surface area contributed by atoms with Gasteiger partial charge in [0.05, 0.1) is 18.2 Å². The lowest BCUT2D eigenvalue weighted by Crippen LogP contribution is -2.52. The summed E-state index contributed by atoms with van der Waals surface area (Å²) in [4.78, 5) is 2.07. The topological polar surface area (TPSA) is 77.4 Å². The molecule has 2 rings (SSSR count). The molecule has 1 unspecified atom stereocenters. The highest BCUT2D eigenvalue weighted by Crippen LogP contribution is 2.24. The van der Waals surface area contributed by atoms with Crippen LogP contribution in [0.3, 0.4) is 0 Å². The normalized spacial score (nSPS) is 24.0. The van der Waals surface area contributed by atoms with Crippen LogP contribution in [0.5, 0.6) is 0 Å². The number of ether oxygens (including phenoxy) is 1. The number of anilines is 1. The van der Waals surface area contributed by atoms with E-state index < -0.39 is 0 Å². The second kappa shape index (κ2) is 4.62. The Labute approximate surface area is 101 Å². The zero-order valence-corrected chi connectivity index (χ0v) is 10.6. The summed E-state index contributed by atoms with van der Waals surface area (Å²) in [6.45, 7) is 8.21. The first-order chi connectivity index (χ1) is 8.00. The van der Waals surface area contributed by atoms with E-state index >= 15 is 0 Å². The molecule has 2 heterocycles. The van der Waals surface area contributed by atoms with Crippen molar-refractivity contribution in [1.82, 2.24) is 10.2 Å². The number of hydrogen-bond donors (Lipinski definition) is 1. The molecule has 1 fully saturated rings. The third-order valence-electron chi connectivity index (χ3n) is 2.65. The van der Waals surface area contributed by atoms with Crippen molar-refractivity contribution in [3.63, 3.8) is 0 Å². The molecule has 1 aromatic rings. The fourth-order valence-corrected chi connectivity index (χ4v) is 2.20. The van der Waals surface area contributed by atoms with Gasteiger partial charge < -0.3 is 19.8 Å². The predicted octanol–water partition coefficient (Wildman–Crippen LogP) is 0.575. The van der Waals surface area contributed by atoms with Gasteiger partial charge in [0.15, 0.2) is 0 Å². The van der Waals surface area contributed by atoms with Crippen LogP contribution in [0.1, 0.15) is 26.7 Å². The van der Waals surface area contributed by atoms with Crippen molar-refractivity contribution in [3.05, 3.63) is 5.89 Å². The Hall–Kier alpha value is -1.14. The molecule has 1 saturated heterocycles. The third-order valence-corrected chi connectivity index (χ3v) is 2.65. The summed E-state index contributed by atoms with van der Waals surface area (Å²) in [6, 6.07) is 0.566. The first-order valence-electron chi connectivity index (χ1n) is 5.95. The van der Waals surface area contributed by atoms with Crippen LogP contribution in [-0.4, -0.2) is 41.5 Å².